The third-order valence-electron chi connectivity index (χ3n) is 5.72. The number of phenols is 1. The van der Waals surface area contributed by atoms with Crippen LogP contribution in [0.2, 0.25) is 5.02 Å². The van der Waals surface area contributed by atoms with Crippen molar-refractivity contribution in [1.29, 1.82) is 0 Å². The zero-order chi connectivity index (χ0) is 28.5. The number of hydrogen-bond acceptors (Lipinski definition) is 6. The Morgan fingerprint density at radius 1 is 1.11 bits per heavy atom. The van der Waals surface area contributed by atoms with Crippen molar-refractivity contribution in [2.24, 2.45) is 0 Å². The van der Waals surface area contributed by atoms with E-state index in [9.17, 15) is 19.5 Å². The van der Waals surface area contributed by atoms with Gasteiger partial charge in [-0.3, -0.25) is 9.59 Å². The van der Waals surface area contributed by atoms with Crippen molar-refractivity contribution in [2.75, 3.05) is 17.6 Å². The molecule has 3 amide bonds. The number of hydrogen-bond donors (Lipinski definition) is 4. The van der Waals surface area contributed by atoms with Gasteiger partial charge < -0.3 is 25.4 Å². The topological polar surface area (TPSA) is 108 Å². The first kappa shape index (κ1) is 31.3. The molecule has 0 aliphatic carbocycles. The van der Waals surface area contributed by atoms with Crippen molar-refractivity contribution < 1.29 is 24.2 Å². The third-order valence-corrected chi connectivity index (χ3v) is 6.40. The largest absolute Gasteiger partial charge is 0.508 e. The number of nitrogens with one attached hydrogen (secondary N) is 2. The maximum Gasteiger partial charge on any atom is 0.408 e. The van der Waals surface area contributed by atoms with Crippen molar-refractivity contribution in [3.05, 3.63) is 58.6 Å². The van der Waals surface area contributed by atoms with E-state index in [0.29, 0.717) is 17.1 Å². The summed E-state index contributed by atoms with van der Waals surface area (Å²) in [5.74, 6) is -1.25. The van der Waals surface area contributed by atoms with E-state index in [-0.39, 0.29) is 23.6 Å². The highest BCUT2D eigenvalue weighted by molar-refractivity contribution is 7.80. The van der Waals surface area contributed by atoms with E-state index in [0.717, 1.165) is 18.4 Å². The number of rotatable bonds is 11. The maximum absolute atomic E-state index is 13.9. The second-order valence-electron chi connectivity index (χ2n) is 10.0. The minimum absolute atomic E-state index is 0.0267. The molecule has 0 heterocycles. The van der Waals surface area contributed by atoms with Gasteiger partial charge in [-0.2, -0.15) is 12.6 Å². The van der Waals surface area contributed by atoms with Gasteiger partial charge in [-0.25, -0.2) is 4.79 Å². The molecule has 0 saturated heterocycles. The summed E-state index contributed by atoms with van der Waals surface area (Å²) in [4.78, 5) is 41.6. The predicted octanol–water partition coefficient (Wildman–Crippen LogP) is 5.88. The summed E-state index contributed by atoms with van der Waals surface area (Å²) in [7, 11) is 0. The van der Waals surface area contributed by atoms with E-state index < -0.39 is 35.6 Å². The number of aromatic hydroxyl groups is 1. The summed E-state index contributed by atoms with van der Waals surface area (Å²) in [6, 6.07) is 9.32. The fraction of sp³-hybridized carbons (Fsp3) is 0.464. The second kappa shape index (κ2) is 14.3. The third kappa shape index (κ3) is 8.84. The van der Waals surface area contributed by atoms with Crippen LogP contribution in [0.4, 0.5) is 10.5 Å². The average molecular weight is 564 g/mol. The van der Waals surface area contributed by atoms with Crippen molar-refractivity contribution in [3.63, 3.8) is 0 Å². The molecule has 0 aliphatic heterocycles. The molecule has 38 heavy (non-hydrogen) atoms. The van der Waals surface area contributed by atoms with Crippen LogP contribution in [0.5, 0.6) is 5.75 Å². The van der Waals surface area contributed by atoms with Gasteiger partial charge in [-0.05, 0) is 51.8 Å². The van der Waals surface area contributed by atoms with E-state index in [1.807, 2.05) is 19.9 Å². The van der Waals surface area contributed by atoms with E-state index in [4.69, 9.17) is 16.3 Å². The Hall–Kier alpha value is -2.91. The Bertz CT molecular complexity index is 1100. The van der Waals surface area contributed by atoms with Gasteiger partial charge in [0.15, 0.2) is 0 Å². The summed E-state index contributed by atoms with van der Waals surface area (Å²) >= 11 is 10.7. The quantitative estimate of drug-likeness (QED) is 0.202. The van der Waals surface area contributed by atoms with Crippen molar-refractivity contribution in [2.45, 2.75) is 71.6 Å². The highest BCUT2D eigenvalue weighted by atomic mass is 35.5. The second-order valence-corrected chi connectivity index (χ2v) is 10.8. The van der Waals surface area contributed by atoms with Crippen LogP contribution >= 0.6 is 24.2 Å². The molecule has 10 heteroatoms. The van der Waals surface area contributed by atoms with Crippen molar-refractivity contribution >= 4 is 47.8 Å². The number of phenolic OH excluding ortho intramolecular Hbond substituents is 1. The molecule has 2 unspecified atom stereocenters. The van der Waals surface area contributed by atoms with Crippen LogP contribution in [0.15, 0.2) is 42.5 Å². The number of halogens is 1. The number of para-hydroxylation sites is 2. The summed E-state index contributed by atoms with van der Waals surface area (Å²) in [6.45, 7) is 9.20. The lowest BCUT2D eigenvalue weighted by molar-refractivity contribution is -0.140. The van der Waals surface area contributed by atoms with Crippen LogP contribution in [-0.4, -0.2) is 51.9 Å². The molecule has 2 aromatic rings. The number of nitrogens with zero attached hydrogens (tertiary/aromatic N) is 1. The summed E-state index contributed by atoms with van der Waals surface area (Å²) in [5.41, 5.74) is 0.638. The number of anilines is 1. The van der Waals surface area contributed by atoms with Crippen LogP contribution in [0.3, 0.4) is 0 Å². The maximum atomic E-state index is 13.9. The molecule has 3 N–H and O–H groups in total. The lowest BCUT2D eigenvalue weighted by Gasteiger charge is -2.34. The van der Waals surface area contributed by atoms with Gasteiger partial charge in [0.1, 0.15) is 23.4 Å². The lowest BCUT2D eigenvalue weighted by Crippen LogP contribution is -2.53. The fourth-order valence-electron chi connectivity index (χ4n) is 3.89. The molecule has 2 aromatic carbocycles. The number of ether oxygens (including phenoxy) is 1. The Morgan fingerprint density at radius 2 is 1.79 bits per heavy atom. The first-order chi connectivity index (χ1) is 17.9. The fourth-order valence-corrected chi connectivity index (χ4v) is 4.40. The van der Waals surface area contributed by atoms with Crippen LogP contribution in [0.25, 0.3) is 0 Å². The number of benzene rings is 2. The molecule has 8 nitrogen and oxygen atoms in total. The zero-order valence-corrected chi connectivity index (χ0v) is 24.2. The highest BCUT2D eigenvalue weighted by Gasteiger charge is 2.37. The van der Waals surface area contributed by atoms with Gasteiger partial charge in [0.25, 0.3) is 5.91 Å². The normalized spacial score (nSPS) is 12.8. The number of amides is 3. The van der Waals surface area contributed by atoms with Crippen LogP contribution < -0.4 is 10.6 Å². The minimum Gasteiger partial charge on any atom is -0.508 e. The lowest BCUT2D eigenvalue weighted by atomic mass is 10.0. The number of thiol groups is 1. The zero-order valence-electron chi connectivity index (χ0n) is 22.6. The number of unbranched alkanes of at least 4 members (excludes halogenated alkanes) is 2. The van der Waals surface area contributed by atoms with Gasteiger partial charge >= 0.3 is 6.09 Å². The average Bonchev–Trinajstić information content (AvgIpc) is 2.83. The monoisotopic (exact) mass is 563 g/mol. The molecule has 208 valence electrons. The molecule has 0 radical (unpaired) electrons. The van der Waals surface area contributed by atoms with Crippen LogP contribution in [0.1, 0.15) is 64.1 Å². The molecule has 0 aliphatic rings. The molecule has 2 rings (SSSR count). The van der Waals surface area contributed by atoms with E-state index in [2.05, 4.69) is 23.3 Å². The molecule has 2 atom stereocenters. The van der Waals surface area contributed by atoms with Gasteiger partial charge in [0, 0.05) is 17.9 Å². The SMILES string of the molecule is CCCCCN(C(=O)C(CS)NC(=O)OC(C)(C)C)C(C(=O)Nc1c(C)cccc1Cl)c1ccccc1O. The number of carbonyl (C=O) groups excluding carboxylic acids is 3. The van der Waals surface area contributed by atoms with E-state index >= 15 is 0 Å². The number of alkyl carbamates (subject to hydrolysis) is 1. The standard InChI is InChI=1S/C28H38ClN3O5S/c1-6-7-10-16-32(26(35)21(17-38)30-27(36)37-28(3,4)5)24(19-13-8-9-15-22(19)33)25(34)31-23-18(2)12-11-14-20(23)29/h8-9,11-15,21,24,33,38H,6-7,10,16-17H2,1-5H3,(H,30,36)(H,31,34). The van der Waals surface area contributed by atoms with Crippen molar-refractivity contribution in [3.8, 4) is 5.75 Å². The van der Waals surface area contributed by atoms with Gasteiger partial charge in [-0.15, -0.1) is 0 Å². The van der Waals surface area contributed by atoms with E-state index in [1.165, 1.54) is 11.0 Å². The first-order valence-corrected chi connectivity index (χ1v) is 13.6. The van der Waals surface area contributed by atoms with Crippen LogP contribution in [0, 0.1) is 6.92 Å². The van der Waals surface area contributed by atoms with Crippen molar-refractivity contribution in [1.82, 2.24) is 10.2 Å². The molecular weight excluding hydrogens is 526 g/mol. The summed E-state index contributed by atoms with van der Waals surface area (Å²) in [6.07, 6.45) is 1.54. The predicted molar refractivity (Wildman–Crippen MR) is 154 cm³/mol. The molecular formula is C28H38ClN3O5S. The smallest absolute Gasteiger partial charge is 0.408 e. The summed E-state index contributed by atoms with van der Waals surface area (Å²) < 4.78 is 5.33. The van der Waals surface area contributed by atoms with Gasteiger partial charge in [-0.1, -0.05) is 61.7 Å². The number of aryl methyl sites for hydroxylation is 1. The molecule has 0 fully saturated rings. The van der Waals surface area contributed by atoms with Gasteiger partial charge in [0.05, 0.1) is 10.7 Å². The van der Waals surface area contributed by atoms with Gasteiger partial charge in [0.2, 0.25) is 5.91 Å². The Morgan fingerprint density at radius 3 is 2.37 bits per heavy atom. The Kier molecular flexibility index (Phi) is 11.8. The van der Waals surface area contributed by atoms with Crippen LogP contribution in [-0.2, 0) is 14.3 Å². The van der Waals surface area contributed by atoms with E-state index in [1.54, 1.807) is 51.1 Å². The molecule has 0 saturated carbocycles. The molecule has 0 bridgehead atoms. The number of carbonyl (C=O) groups is 3. The first-order valence-electron chi connectivity index (χ1n) is 12.6. The molecule has 0 spiro atoms. The Labute approximate surface area is 235 Å². The molecule has 0 aromatic heterocycles. The highest BCUT2D eigenvalue weighted by Crippen LogP contribution is 2.33. The minimum atomic E-state index is -1.21. The Balaban J connectivity index is 2.53. The summed E-state index contributed by atoms with van der Waals surface area (Å²) in [5, 5.41) is 16.5.